The second-order valence-corrected chi connectivity index (χ2v) is 6.02. The lowest BCUT2D eigenvalue weighted by atomic mass is 10.2. The molecule has 134 valence electrons. The summed E-state index contributed by atoms with van der Waals surface area (Å²) in [6.45, 7) is 6.25. The molecule has 26 heavy (non-hydrogen) atoms. The quantitative estimate of drug-likeness (QED) is 0.621. The molecule has 6 nitrogen and oxygen atoms in total. The second kappa shape index (κ2) is 8.49. The summed E-state index contributed by atoms with van der Waals surface area (Å²) < 4.78 is 0. The van der Waals surface area contributed by atoms with E-state index < -0.39 is 0 Å². The van der Waals surface area contributed by atoms with Gasteiger partial charge in [-0.2, -0.15) is 10.1 Å². The number of hydrogen-bond donors (Lipinski definition) is 2. The van der Waals surface area contributed by atoms with E-state index in [0.717, 1.165) is 24.5 Å². The molecular weight excluding hydrogens is 348 g/mol. The van der Waals surface area contributed by atoms with Gasteiger partial charge in [0.1, 0.15) is 0 Å². The van der Waals surface area contributed by atoms with E-state index in [2.05, 4.69) is 56.7 Å². The smallest absolute Gasteiger partial charge is 0.249 e. The van der Waals surface area contributed by atoms with Crippen molar-refractivity contribution in [1.82, 2.24) is 15.2 Å². The van der Waals surface area contributed by atoms with Crippen LogP contribution in [-0.4, -0.2) is 28.3 Å². The van der Waals surface area contributed by atoms with Crippen molar-refractivity contribution < 1.29 is 0 Å². The maximum Gasteiger partial charge on any atom is 0.249 e. The number of anilines is 5. The standard InChI is InChI=1S/C19H21ClN6/c1-3-26(4-2)15-11-9-14(10-12-15)22-19-24-18(13-21-25-19)23-17-8-6-5-7-16(17)20/h5-13H,3-4H2,1-2H3,(H2,22,23,24,25). The van der Waals surface area contributed by atoms with Gasteiger partial charge < -0.3 is 15.5 Å². The summed E-state index contributed by atoms with van der Waals surface area (Å²) in [4.78, 5) is 6.72. The predicted molar refractivity (Wildman–Crippen MR) is 108 cm³/mol. The molecule has 0 fully saturated rings. The fourth-order valence-electron chi connectivity index (χ4n) is 2.59. The van der Waals surface area contributed by atoms with Crippen LogP contribution >= 0.6 is 11.6 Å². The van der Waals surface area contributed by atoms with Crippen LogP contribution in [0.3, 0.4) is 0 Å². The molecule has 0 spiro atoms. The molecule has 3 aromatic rings. The first-order valence-electron chi connectivity index (χ1n) is 8.53. The summed E-state index contributed by atoms with van der Waals surface area (Å²) in [5.41, 5.74) is 2.86. The van der Waals surface area contributed by atoms with Gasteiger partial charge in [0.05, 0.1) is 16.9 Å². The fraction of sp³-hybridized carbons (Fsp3) is 0.211. The van der Waals surface area contributed by atoms with Crippen molar-refractivity contribution in [1.29, 1.82) is 0 Å². The Labute approximate surface area is 158 Å². The van der Waals surface area contributed by atoms with E-state index in [1.807, 2.05) is 36.4 Å². The van der Waals surface area contributed by atoms with Crippen molar-refractivity contribution in [2.45, 2.75) is 13.8 Å². The third kappa shape index (κ3) is 4.40. The van der Waals surface area contributed by atoms with Crippen molar-refractivity contribution in [2.75, 3.05) is 28.6 Å². The molecule has 1 heterocycles. The van der Waals surface area contributed by atoms with E-state index in [4.69, 9.17) is 11.6 Å². The van der Waals surface area contributed by atoms with E-state index in [1.54, 1.807) is 6.20 Å². The largest absolute Gasteiger partial charge is 0.372 e. The highest BCUT2D eigenvalue weighted by atomic mass is 35.5. The van der Waals surface area contributed by atoms with Crippen molar-refractivity contribution in [3.8, 4) is 0 Å². The monoisotopic (exact) mass is 368 g/mol. The van der Waals surface area contributed by atoms with Gasteiger partial charge in [0.25, 0.3) is 0 Å². The van der Waals surface area contributed by atoms with Gasteiger partial charge in [0.15, 0.2) is 5.82 Å². The van der Waals surface area contributed by atoms with Crippen LogP contribution in [0.5, 0.6) is 0 Å². The summed E-state index contributed by atoms with van der Waals surface area (Å²) in [6, 6.07) is 15.6. The van der Waals surface area contributed by atoms with E-state index in [1.165, 1.54) is 5.69 Å². The topological polar surface area (TPSA) is 66.0 Å². The molecule has 0 atom stereocenters. The van der Waals surface area contributed by atoms with Crippen LogP contribution in [0, 0.1) is 0 Å². The molecule has 0 bridgehead atoms. The zero-order valence-corrected chi connectivity index (χ0v) is 15.5. The molecule has 0 aliphatic heterocycles. The Bertz CT molecular complexity index is 849. The minimum Gasteiger partial charge on any atom is -0.372 e. The third-order valence-corrected chi connectivity index (χ3v) is 4.28. The Morgan fingerprint density at radius 2 is 1.69 bits per heavy atom. The van der Waals surface area contributed by atoms with Gasteiger partial charge in [-0.1, -0.05) is 23.7 Å². The molecule has 3 rings (SSSR count). The number of rotatable bonds is 7. The van der Waals surface area contributed by atoms with E-state index in [-0.39, 0.29) is 0 Å². The number of aromatic nitrogens is 3. The maximum absolute atomic E-state index is 6.16. The highest BCUT2D eigenvalue weighted by Gasteiger charge is 2.05. The summed E-state index contributed by atoms with van der Waals surface area (Å²) >= 11 is 6.16. The zero-order valence-electron chi connectivity index (χ0n) is 14.8. The van der Waals surface area contributed by atoms with Gasteiger partial charge in [-0.25, -0.2) is 0 Å². The van der Waals surface area contributed by atoms with Gasteiger partial charge in [-0.05, 0) is 50.2 Å². The SMILES string of the molecule is CCN(CC)c1ccc(Nc2nncc(Nc3ccccc3Cl)n2)cc1. The van der Waals surface area contributed by atoms with Gasteiger partial charge in [-0.15, -0.1) is 5.10 Å². The number of nitrogens with zero attached hydrogens (tertiary/aromatic N) is 4. The van der Waals surface area contributed by atoms with Crippen LogP contribution in [0.2, 0.25) is 5.02 Å². The highest BCUT2D eigenvalue weighted by Crippen LogP contribution is 2.24. The van der Waals surface area contributed by atoms with Gasteiger partial charge in [-0.3, -0.25) is 0 Å². The van der Waals surface area contributed by atoms with Gasteiger partial charge >= 0.3 is 0 Å². The molecule has 1 aromatic heterocycles. The molecule has 0 saturated carbocycles. The first-order valence-corrected chi connectivity index (χ1v) is 8.90. The first kappa shape index (κ1) is 17.9. The van der Waals surface area contributed by atoms with E-state index in [9.17, 15) is 0 Å². The molecule has 0 amide bonds. The summed E-state index contributed by atoms with van der Waals surface area (Å²) in [7, 11) is 0. The molecule has 7 heteroatoms. The number of hydrogen-bond acceptors (Lipinski definition) is 6. The van der Waals surface area contributed by atoms with Crippen molar-refractivity contribution in [2.24, 2.45) is 0 Å². The molecule has 0 aliphatic carbocycles. The molecule has 0 aliphatic rings. The van der Waals surface area contributed by atoms with Crippen LogP contribution in [0.1, 0.15) is 13.8 Å². The molecular formula is C19H21ClN6. The second-order valence-electron chi connectivity index (χ2n) is 5.61. The number of nitrogens with one attached hydrogen (secondary N) is 2. The fourth-order valence-corrected chi connectivity index (χ4v) is 2.77. The molecule has 2 N–H and O–H groups in total. The molecule has 0 unspecified atom stereocenters. The maximum atomic E-state index is 6.16. The molecule has 0 radical (unpaired) electrons. The predicted octanol–water partition coefficient (Wildman–Crippen LogP) is 4.86. The first-order chi connectivity index (χ1) is 12.7. The molecule has 0 saturated heterocycles. The van der Waals surface area contributed by atoms with E-state index >= 15 is 0 Å². The average Bonchev–Trinajstić information content (AvgIpc) is 2.66. The third-order valence-electron chi connectivity index (χ3n) is 3.95. The lowest BCUT2D eigenvalue weighted by Crippen LogP contribution is -2.21. The molecule has 2 aromatic carbocycles. The van der Waals surface area contributed by atoms with Crippen LogP contribution in [-0.2, 0) is 0 Å². The Balaban J connectivity index is 1.72. The summed E-state index contributed by atoms with van der Waals surface area (Å²) in [5.74, 6) is 0.980. The van der Waals surface area contributed by atoms with Gasteiger partial charge in [0, 0.05) is 24.5 Å². The Hall–Kier alpha value is -2.86. The zero-order chi connectivity index (χ0) is 18.4. The van der Waals surface area contributed by atoms with Crippen LogP contribution in [0.25, 0.3) is 0 Å². The van der Waals surface area contributed by atoms with Crippen molar-refractivity contribution >= 4 is 40.4 Å². The highest BCUT2D eigenvalue weighted by molar-refractivity contribution is 6.33. The lowest BCUT2D eigenvalue weighted by Gasteiger charge is -2.21. The Kier molecular flexibility index (Phi) is 5.86. The number of para-hydroxylation sites is 1. The van der Waals surface area contributed by atoms with Crippen LogP contribution in [0.15, 0.2) is 54.7 Å². The lowest BCUT2D eigenvalue weighted by molar-refractivity contribution is 0.866. The minimum absolute atomic E-state index is 0.414. The van der Waals surface area contributed by atoms with Gasteiger partial charge in [0.2, 0.25) is 5.95 Å². The normalized spacial score (nSPS) is 10.4. The summed E-state index contributed by atoms with van der Waals surface area (Å²) in [5, 5.41) is 15.0. The van der Waals surface area contributed by atoms with Crippen molar-refractivity contribution in [3.05, 3.63) is 59.8 Å². The number of benzene rings is 2. The number of halogens is 1. The summed E-state index contributed by atoms with van der Waals surface area (Å²) in [6.07, 6.45) is 1.55. The minimum atomic E-state index is 0.414. The Morgan fingerprint density at radius 3 is 2.38 bits per heavy atom. The van der Waals surface area contributed by atoms with E-state index in [0.29, 0.717) is 16.8 Å². The Morgan fingerprint density at radius 1 is 0.962 bits per heavy atom. The van der Waals surface area contributed by atoms with Crippen molar-refractivity contribution in [3.63, 3.8) is 0 Å². The van der Waals surface area contributed by atoms with Crippen LogP contribution in [0.4, 0.5) is 28.8 Å². The van der Waals surface area contributed by atoms with Crippen LogP contribution < -0.4 is 15.5 Å². The average molecular weight is 369 g/mol.